The molecule has 0 radical (unpaired) electrons. The van der Waals surface area contributed by atoms with Crippen LogP contribution in [0.3, 0.4) is 0 Å². The second kappa shape index (κ2) is 8.83. The van der Waals surface area contributed by atoms with Gasteiger partial charge in [-0.1, -0.05) is 72.8 Å². The molecule has 0 aliphatic carbocycles. The second-order valence-electron chi connectivity index (χ2n) is 5.78. The second-order valence-corrected chi connectivity index (χ2v) is 5.78. The highest BCUT2D eigenvalue weighted by Crippen LogP contribution is 2.25. The van der Waals surface area contributed by atoms with Crippen LogP contribution in [0.15, 0.2) is 84.9 Å². The maximum atomic E-state index is 11.4. The summed E-state index contributed by atoms with van der Waals surface area (Å²) in [7, 11) is 0. The maximum Gasteiger partial charge on any atom is 0.252 e. The summed E-state index contributed by atoms with van der Waals surface area (Å²) < 4.78 is 11.8. The van der Waals surface area contributed by atoms with Gasteiger partial charge in [-0.05, 0) is 23.3 Å². The van der Waals surface area contributed by atoms with E-state index < -0.39 is 5.91 Å². The van der Waals surface area contributed by atoms with Crippen molar-refractivity contribution in [3.05, 3.63) is 102 Å². The van der Waals surface area contributed by atoms with Gasteiger partial charge in [-0.25, -0.2) is 0 Å². The lowest BCUT2D eigenvalue weighted by Gasteiger charge is -2.19. The van der Waals surface area contributed by atoms with Crippen molar-refractivity contribution in [2.75, 3.05) is 13.2 Å². The van der Waals surface area contributed by atoms with Crippen LogP contribution in [-0.2, 0) is 4.74 Å². The molecule has 0 saturated carbocycles. The summed E-state index contributed by atoms with van der Waals surface area (Å²) >= 11 is 0. The molecule has 0 fully saturated rings. The van der Waals surface area contributed by atoms with Gasteiger partial charge >= 0.3 is 0 Å². The molecule has 3 aromatic carbocycles. The van der Waals surface area contributed by atoms with Crippen molar-refractivity contribution >= 4 is 5.91 Å². The topological polar surface area (TPSA) is 61.6 Å². The summed E-state index contributed by atoms with van der Waals surface area (Å²) in [5, 5.41) is 0. The van der Waals surface area contributed by atoms with Crippen LogP contribution < -0.4 is 10.5 Å². The average Bonchev–Trinajstić information content (AvgIpc) is 2.69. The van der Waals surface area contributed by atoms with E-state index in [2.05, 4.69) is 0 Å². The van der Waals surface area contributed by atoms with E-state index in [1.807, 2.05) is 60.7 Å². The predicted octanol–water partition coefficient (Wildman–Crippen LogP) is 3.97. The molecule has 0 heterocycles. The predicted molar refractivity (Wildman–Crippen MR) is 101 cm³/mol. The Bertz CT molecular complexity index is 795. The first-order chi connectivity index (χ1) is 12.8. The van der Waals surface area contributed by atoms with E-state index in [0.717, 1.165) is 11.1 Å². The van der Waals surface area contributed by atoms with Crippen molar-refractivity contribution in [2.24, 2.45) is 5.73 Å². The first kappa shape index (κ1) is 17.7. The number of hydrogen-bond acceptors (Lipinski definition) is 3. The third kappa shape index (κ3) is 4.49. The number of nitrogens with two attached hydrogens (primary N) is 1. The Morgan fingerprint density at radius 2 is 1.31 bits per heavy atom. The molecule has 4 nitrogen and oxygen atoms in total. The quantitative estimate of drug-likeness (QED) is 0.627. The Morgan fingerprint density at radius 3 is 1.88 bits per heavy atom. The van der Waals surface area contributed by atoms with E-state index in [4.69, 9.17) is 15.2 Å². The first-order valence-corrected chi connectivity index (χ1v) is 8.49. The molecular formula is C22H21NO3. The zero-order valence-corrected chi connectivity index (χ0v) is 14.4. The van der Waals surface area contributed by atoms with Crippen molar-refractivity contribution in [2.45, 2.75) is 6.10 Å². The van der Waals surface area contributed by atoms with Crippen LogP contribution >= 0.6 is 0 Å². The molecule has 4 heteroatoms. The number of benzene rings is 3. The van der Waals surface area contributed by atoms with Crippen LogP contribution in [-0.4, -0.2) is 19.1 Å². The summed E-state index contributed by atoms with van der Waals surface area (Å²) in [5.74, 6) is -0.0347. The van der Waals surface area contributed by atoms with E-state index in [-0.39, 0.29) is 6.10 Å². The third-order valence-corrected chi connectivity index (χ3v) is 3.98. The van der Waals surface area contributed by atoms with E-state index >= 15 is 0 Å². The van der Waals surface area contributed by atoms with E-state index in [0.29, 0.717) is 24.5 Å². The maximum absolute atomic E-state index is 11.4. The zero-order chi connectivity index (χ0) is 18.2. The fourth-order valence-electron chi connectivity index (χ4n) is 2.75. The van der Waals surface area contributed by atoms with Crippen LogP contribution in [0.25, 0.3) is 0 Å². The molecule has 0 aromatic heterocycles. The molecule has 1 amide bonds. The van der Waals surface area contributed by atoms with Gasteiger partial charge in [-0.2, -0.15) is 0 Å². The van der Waals surface area contributed by atoms with Crippen LogP contribution in [0.4, 0.5) is 0 Å². The Hall–Kier alpha value is -3.11. The fourth-order valence-corrected chi connectivity index (χ4v) is 2.75. The Kier molecular flexibility index (Phi) is 6.01. The summed E-state index contributed by atoms with van der Waals surface area (Å²) in [4.78, 5) is 11.4. The average molecular weight is 347 g/mol. The van der Waals surface area contributed by atoms with Crippen molar-refractivity contribution in [1.29, 1.82) is 0 Å². The van der Waals surface area contributed by atoms with E-state index in [1.54, 1.807) is 24.3 Å². The number of carbonyl (C=O) groups excluding carboxylic acids is 1. The minimum atomic E-state index is -0.507. The Morgan fingerprint density at radius 1 is 0.769 bits per heavy atom. The van der Waals surface area contributed by atoms with Gasteiger partial charge in [0, 0.05) is 0 Å². The molecule has 132 valence electrons. The zero-order valence-electron chi connectivity index (χ0n) is 14.4. The van der Waals surface area contributed by atoms with Gasteiger partial charge in [-0.15, -0.1) is 0 Å². The van der Waals surface area contributed by atoms with Crippen molar-refractivity contribution in [1.82, 2.24) is 0 Å². The highest BCUT2D eigenvalue weighted by molar-refractivity contribution is 5.95. The number of carbonyl (C=O) groups is 1. The number of amides is 1. The normalized spacial score (nSPS) is 10.7. The van der Waals surface area contributed by atoms with E-state index in [9.17, 15) is 4.79 Å². The number of para-hydroxylation sites is 1. The van der Waals surface area contributed by atoms with Gasteiger partial charge in [0.2, 0.25) is 0 Å². The number of ether oxygens (including phenoxy) is 2. The summed E-state index contributed by atoms with van der Waals surface area (Å²) in [5.41, 5.74) is 7.90. The molecule has 3 aromatic rings. The molecule has 0 bridgehead atoms. The largest absolute Gasteiger partial charge is 0.490 e. The molecule has 0 aliphatic heterocycles. The molecule has 0 saturated heterocycles. The smallest absolute Gasteiger partial charge is 0.252 e. The molecule has 0 unspecified atom stereocenters. The van der Waals surface area contributed by atoms with Crippen LogP contribution in [0.2, 0.25) is 0 Å². The minimum Gasteiger partial charge on any atom is -0.490 e. The van der Waals surface area contributed by atoms with Gasteiger partial charge in [-0.3, -0.25) is 4.79 Å². The monoisotopic (exact) mass is 347 g/mol. The van der Waals surface area contributed by atoms with Crippen LogP contribution in [0, 0.1) is 0 Å². The SMILES string of the molecule is NC(=O)c1ccccc1OCCOC(c1ccccc1)c1ccccc1. The fraction of sp³-hybridized carbons (Fsp3) is 0.136. The summed E-state index contributed by atoms with van der Waals surface area (Å²) in [6.45, 7) is 0.696. The van der Waals surface area contributed by atoms with Crippen LogP contribution in [0.5, 0.6) is 5.75 Å². The highest BCUT2D eigenvalue weighted by Gasteiger charge is 2.14. The minimum absolute atomic E-state index is 0.174. The van der Waals surface area contributed by atoms with Crippen molar-refractivity contribution < 1.29 is 14.3 Å². The highest BCUT2D eigenvalue weighted by atomic mass is 16.5. The third-order valence-electron chi connectivity index (χ3n) is 3.98. The van der Waals surface area contributed by atoms with E-state index in [1.165, 1.54) is 0 Å². The van der Waals surface area contributed by atoms with Crippen LogP contribution in [0.1, 0.15) is 27.6 Å². The molecule has 0 spiro atoms. The standard InChI is InChI=1S/C22H21NO3/c23-22(24)19-13-7-8-14-20(19)25-15-16-26-21(17-9-3-1-4-10-17)18-11-5-2-6-12-18/h1-14,21H,15-16H2,(H2,23,24). The molecule has 0 aliphatic rings. The summed E-state index contributed by atoms with van der Waals surface area (Å²) in [6, 6.07) is 27.0. The van der Waals surface area contributed by atoms with Crippen molar-refractivity contribution in [3.8, 4) is 5.75 Å². The lowest BCUT2D eigenvalue weighted by Crippen LogP contribution is -2.16. The Labute approximate surface area is 153 Å². The van der Waals surface area contributed by atoms with Gasteiger partial charge in [0.05, 0.1) is 12.2 Å². The van der Waals surface area contributed by atoms with Gasteiger partial charge in [0.25, 0.3) is 5.91 Å². The lowest BCUT2D eigenvalue weighted by atomic mass is 10.0. The van der Waals surface area contributed by atoms with Gasteiger partial charge in [0.15, 0.2) is 0 Å². The molecular weight excluding hydrogens is 326 g/mol. The molecule has 26 heavy (non-hydrogen) atoms. The molecule has 3 rings (SSSR count). The summed E-state index contributed by atoms with van der Waals surface area (Å²) in [6.07, 6.45) is -0.174. The number of hydrogen-bond donors (Lipinski definition) is 1. The van der Waals surface area contributed by atoms with Gasteiger partial charge < -0.3 is 15.2 Å². The Balaban J connectivity index is 1.65. The van der Waals surface area contributed by atoms with Gasteiger partial charge in [0.1, 0.15) is 18.5 Å². The van der Waals surface area contributed by atoms with Crippen molar-refractivity contribution in [3.63, 3.8) is 0 Å². The molecule has 0 atom stereocenters. The lowest BCUT2D eigenvalue weighted by molar-refractivity contribution is 0.0557. The first-order valence-electron chi connectivity index (χ1n) is 8.49. The number of rotatable bonds is 8. The molecule has 2 N–H and O–H groups in total. The number of primary amides is 1.